The van der Waals surface area contributed by atoms with Crippen LogP contribution in [0.2, 0.25) is 0 Å². The number of aliphatic hydroxyl groups excluding tert-OH is 2. The van der Waals surface area contributed by atoms with E-state index in [2.05, 4.69) is 0 Å². The minimum atomic E-state index is -4.28. The Labute approximate surface area is 205 Å². The van der Waals surface area contributed by atoms with E-state index in [0.717, 1.165) is 11.1 Å². The van der Waals surface area contributed by atoms with Crippen LogP contribution in [-0.2, 0) is 16.5 Å². The summed E-state index contributed by atoms with van der Waals surface area (Å²) < 4.78 is 39.3. The molecule has 0 bridgehead atoms. The summed E-state index contributed by atoms with van der Waals surface area (Å²) in [4.78, 5) is 0. The zero-order valence-electron chi connectivity index (χ0n) is 19.1. The van der Waals surface area contributed by atoms with Crippen LogP contribution in [0.5, 0.6) is 11.5 Å². The van der Waals surface area contributed by atoms with Gasteiger partial charge in [-0.05, 0) is 60.2 Å². The van der Waals surface area contributed by atoms with Crippen molar-refractivity contribution in [1.82, 2.24) is 0 Å². The first-order chi connectivity index (χ1) is 16.8. The maximum absolute atomic E-state index is 11.9. The van der Waals surface area contributed by atoms with E-state index in [1.807, 2.05) is 42.5 Å². The summed E-state index contributed by atoms with van der Waals surface area (Å²) in [6.45, 7) is -0.170. The van der Waals surface area contributed by atoms with Crippen LogP contribution in [0.3, 0.4) is 0 Å². The van der Waals surface area contributed by atoms with Crippen molar-refractivity contribution in [3.63, 3.8) is 0 Å². The van der Waals surface area contributed by atoms with Crippen LogP contribution in [-0.4, -0.2) is 40.1 Å². The van der Waals surface area contributed by atoms with E-state index in [0.29, 0.717) is 17.7 Å². The summed E-state index contributed by atoms with van der Waals surface area (Å²) in [5, 5.41) is 28.2. The van der Waals surface area contributed by atoms with Crippen LogP contribution in [0.25, 0.3) is 0 Å². The molecule has 3 aromatic rings. The van der Waals surface area contributed by atoms with E-state index in [4.69, 9.17) is 4.74 Å². The Morgan fingerprint density at radius 1 is 0.886 bits per heavy atom. The molecule has 0 saturated carbocycles. The van der Waals surface area contributed by atoms with Gasteiger partial charge in [-0.1, -0.05) is 66.7 Å². The third-order valence-corrected chi connectivity index (χ3v) is 6.94. The number of hydrogen-bond donors (Lipinski definition) is 4. The molecule has 8 heteroatoms. The van der Waals surface area contributed by atoms with Gasteiger partial charge in [0.1, 0.15) is 17.6 Å². The molecule has 3 rings (SSSR count). The third kappa shape index (κ3) is 8.22. The van der Waals surface area contributed by atoms with Gasteiger partial charge >= 0.3 is 0 Å². The first-order valence-corrected chi connectivity index (χ1v) is 12.8. The predicted octanol–water partition coefficient (Wildman–Crippen LogP) is 4.37. The minimum Gasteiger partial charge on any atom is -0.508 e. The SMILES string of the molecule is O=S(=O)(O)[C@@H](C/C=C/[C@@H](O)c1ccc(O)cc1)CCc1ccc(O[C@@H](CO)c2ccccc2)cc1. The summed E-state index contributed by atoms with van der Waals surface area (Å²) in [5.74, 6) is 0.662. The Bertz CT molecular complexity index is 1170. The van der Waals surface area contributed by atoms with Crippen LogP contribution in [0.4, 0.5) is 0 Å². The molecule has 0 unspecified atom stereocenters. The van der Waals surface area contributed by atoms with Gasteiger partial charge < -0.3 is 20.1 Å². The van der Waals surface area contributed by atoms with Gasteiger partial charge in [0.25, 0.3) is 10.1 Å². The zero-order chi connectivity index (χ0) is 25.3. The summed E-state index contributed by atoms with van der Waals surface area (Å²) in [7, 11) is -4.28. The summed E-state index contributed by atoms with van der Waals surface area (Å²) in [6.07, 6.45) is 2.21. The lowest BCUT2D eigenvalue weighted by atomic mass is 10.0. The van der Waals surface area contributed by atoms with E-state index in [-0.39, 0.29) is 25.2 Å². The highest BCUT2D eigenvalue weighted by molar-refractivity contribution is 7.86. The van der Waals surface area contributed by atoms with E-state index >= 15 is 0 Å². The molecular weight excluding hydrogens is 468 g/mol. The Hall–Kier alpha value is -3.17. The summed E-state index contributed by atoms with van der Waals surface area (Å²) in [6, 6.07) is 22.6. The van der Waals surface area contributed by atoms with Crippen molar-refractivity contribution in [3.05, 3.63) is 108 Å². The monoisotopic (exact) mass is 498 g/mol. The largest absolute Gasteiger partial charge is 0.508 e. The molecule has 0 aliphatic carbocycles. The van der Waals surface area contributed by atoms with Crippen LogP contribution >= 0.6 is 0 Å². The molecule has 0 amide bonds. The Morgan fingerprint density at radius 2 is 1.54 bits per heavy atom. The molecule has 0 heterocycles. The van der Waals surface area contributed by atoms with Gasteiger partial charge in [-0.3, -0.25) is 4.55 Å². The lowest BCUT2D eigenvalue weighted by Gasteiger charge is -2.17. The van der Waals surface area contributed by atoms with E-state index in [1.54, 1.807) is 24.3 Å². The molecule has 0 aromatic heterocycles. The maximum atomic E-state index is 11.9. The van der Waals surface area contributed by atoms with Crippen molar-refractivity contribution in [3.8, 4) is 11.5 Å². The maximum Gasteiger partial charge on any atom is 0.268 e. The van der Waals surface area contributed by atoms with Crippen molar-refractivity contribution >= 4 is 10.1 Å². The standard InChI is InChI=1S/C27H30O7S/c28-19-27(22-5-2-1-3-6-22)34-24-16-9-20(10-17-24)11-18-25(35(31,32)33)7-4-8-26(30)21-12-14-23(29)15-13-21/h1-6,8-10,12-17,25-30H,7,11,18-19H2,(H,31,32,33)/b8-4+/t25-,26+,27-/m0/s1. The van der Waals surface area contributed by atoms with Crippen LogP contribution < -0.4 is 4.74 Å². The first kappa shape index (κ1) is 26.4. The van der Waals surface area contributed by atoms with Crippen molar-refractivity contribution in [2.75, 3.05) is 6.61 Å². The molecule has 7 nitrogen and oxygen atoms in total. The molecule has 35 heavy (non-hydrogen) atoms. The second-order valence-electron chi connectivity index (χ2n) is 8.22. The van der Waals surface area contributed by atoms with E-state index in [1.165, 1.54) is 24.3 Å². The number of phenols is 1. The summed E-state index contributed by atoms with van der Waals surface area (Å²) in [5.41, 5.74) is 2.29. The normalized spacial score (nSPS) is 14.5. The second kappa shape index (κ2) is 12.5. The van der Waals surface area contributed by atoms with Gasteiger partial charge in [0.15, 0.2) is 0 Å². The topological polar surface area (TPSA) is 124 Å². The van der Waals surface area contributed by atoms with Gasteiger partial charge in [0.2, 0.25) is 0 Å². The number of ether oxygens (including phenoxy) is 1. The molecule has 0 aliphatic heterocycles. The number of phenolic OH excluding ortho intramolecular Hbond substituents is 1. The fourth-order valence-electron chi connectivity index (χ4n) is 3.64. The van der Waals surface area contributed by atoms with E-state index < -0.39 is 27.6 Å². The molecule has 3 atom stereocenters. The van der Waals surface area contributed by atoms with Crippen molar-refractivity contribution < 1.29 is 33.0 Å². The van der Waals surface area contributed by atoms with Crippen molar-refractivity contribution in [2.24, 2.45) is 0 Å². The highest BCUT2D eigenvalue weighted by atomic mass is 32.2. The number of aryl methyl sites for hydroxylation is 1. The highest BCUT2D eigenvalue weighted by Crippen LogP contribution is 2.24. The predicted molar refractivity (Wildman–Crippen MR) is 134 cm³/mol. The number of aromatic hydroxyl groups is 1. The molecule has 0 aliphatic rings. The molecule has 186 valence electrons. The molecule has 3 aromatic carbocycles. The third-order valence-electron chi connectivity index (χ3n) is 5.67. The quantitative estimate of drug-likeness (QED) is 0.216. The fourth-order valence-corrected chi connectivity index (χ4v) is 4.41. The van der Waals surface area contributed by atoms with Gasteiger partial charge in [-0.25, -0.2) is 0 Å². The van der Waals surface area contributed by atoms with Crippen LogP contribution in [0, 0.1) is 0 Å². The summed E-state index contributed by atoms with van der Waals surface area (Å²) >= 11 is 0. The van der Waals surface area contributed by atoms with Gasteiger partial charge in [0, 0.05) is 0 Å². The molecular formula is C27H30O7S. The average molecular weight is 499 g/mol. The van der Waals surface area contributed by atoms with Crippen LogP contribution in [0.1, 0.15) is 41.7 Å². The van der Waals surface area contributed by atoms with Gasteiger partial charge in [0.05, 0.1) is 18.0 Å². The lowest BCUT2D eigenvalue weighted by molar-refractivity contribution is 0.116. The second-order valence-corrected chi connectivity index (χ2v) is 9.92. The number of allylic oxidation sites excluding steroid dienone is 1. The first-order valence-electron chi connectivity index (χ1n) is 11.3. The molecule has 0 saturated heterocycles. The number of aliphatic hydroxyl groups is 2. The molecule has 0 radical (unpaired) electrons. The fraction of sp³-hybridized carbons (Fsp3) is 0.259. The number of benzene rings is 3. The molecule has 4 N–H and O–H groups in total. The van der Waals surface area contributed by atoms with Crippen LogP contribution in [0.15, 0.2) is 91.0 Å². The Balaban J connectivity index is 1.56. The van der Waals surface area contributed by atoms with Crippen molar-refractivity contribution in [1.29, 1.82) is 0 Å². The van der Waals surface area contributed by atoms with E-state index in [9.17, 15) is 28.3 Å². The van der Waals surface area contributed by atoms with Gasteiger partial charge in [-0.15, -0.1) is 0 Å². The Morgan fingerprint density at radius 3 is 2.14 bits per heavy atom. The minimum absolute atomic E-state index is 0.0461. The zero-order valence-corrected chi connectivity index (χ0v) is 20.0. The number of rotatable bonds is 12. The molecule has 0 fully saturated rings. The Kier molecular flexibility index (Phi) is 9.45. The average Bonchev–Trinajstić information content (AvgIpc) is 2.85. The molecule has 0 spiro atoms. The lowest BCUT2D eigenvalue weighted by Crippen LogP contribution is -2.20. The smallest absolute Gasteiger partial charge is 0.268 e. The van der Waals surface area contributed by atoms with Crippen molar-refractivity contribution in [2.45, 2.75) is 36.7 Å². The highest BCUT2D eigenvalue weighted by Gasteiger charge is 2.21. The van der Waals surface area contributed by atoms with Gasteiger partial charge in [-0.2, -0.15) is 8.42 Å². The number of hydrogen-bond acceptors (Lipinski definition) is 6.